The molecular formula is C20H29N2O3P. The first-order valence-corrected chi connectivity index (χ1v) is 10.5. The molecule has 0 unspecified atom stereocenters. The molecule has 0 spiro atoms. The van der Waals surface area contributed by atoms with Crippen molar-refractivity contribution in [3.63, 3.8) is 0 Å². The van der Waals surface area contributed by atoms with Gasteiger partial charge in [0.1, 0.15) is 0 Å². The molecule has 0 aliphatic heterocycles. The topological polar surface area (TPSA) is 53.0 Å². The standard InChI is InChI=1S/C20H29N2O3P/c1-6-15-25-26(24,19-13-11-18(12-14-19)22(4)5)20(23)16-7-9-17(10-8-16)21(2)3/h7-14,20,23H,6,15H2,1-5H3/t20-,26+/m0/s1. The van der Waals surface area contributed by atoms with Crippen molar-refractivity contribution < 1.29 is 14.2 Å². The first-order chi connectivity index (χ1) is 12.3. The van der Waals surface area contributed by atoms with E-state index in [9.17, 15) is 9.67 Å². The van der Waals surface area contributed by atoms with Gasteiger partial charge in [-0.1, -0.05) is 19.1 Å². The fraction of sp³-hybridized carbons (Fsp3) is 0.400. The Morgan fingerprint density at radius 1 is 0.923 bits per heavy atom. The highest BCUT2D eigenvalue weighted by molar-refractivity contribution is 7.67. The second-order valence-corrected chi connectivity index (χ2v) is 9.16. The fourth-order valence-corrected chi connectivity index (χ4v) is 4.77. The van der Waals surface area contributed by atoms with Crippen LogP contribution in [0.15, 0.2) is 48.5 Å². The minimum Gasteiger partial charge on any atom is -0.378 e. The van der Waals surface area contributed by atoms with Gasteiger partial charge in [-0.3, -0.25) is 4.57 Å². The summed E-state index contributed by atoms with van der Waals surface area (Å²) in [7, 11) is 4.33. The summed E-state index contributed by atoms with van der Waals surface area (Å²) < 4.78 is 19.4. The molecule has 26 heavy (non-hydrogen) atoms. The molecule has 2 atom stereocenters. The highest BCUT2D eigenvalue weighted by atomic mass is 31.2. The number of nitrogens with zero attached hydrogens (tertiary/aromatic N) is 2. The first kappa shape index (κ1) is 20.5. The molecule has 2 rings (SSSR count). The van der Waals surface area contributed by atoms with Gasteiger partial charge in [0.05, 0.1) is 6.61 Å². The van der Waals surface area contributed by atoms with E-state index in [0.717, 1.165) is 17.8 Å². The third kappa shape index (κ3) is 4.47. The smallest absolute Gasteiger partial charge is 0.264 e. The number of anilines is 2. The number of aliphatic hydroxyl groups excluding tert-OH is 1. The molecule has 0 aliphatic rings. The summed E-state index contributed by atoms with van der Waals surface area (Å²) in [5.41, 5.74) is 2.60. The second-order valence-electron chi connectivity index (χ2n) is 6.70. The van der Waals surface area contributed by atoms with Crippen molar-refractivity contribution in [3.8, 4) is 0 Å². The van der Waals surface area contributed by atoms with Crippen LogP contribution in [0.1, 0.15) is 24.8 Å². The number of rotatable bonds is 8. The molecule has 2 aromatic rings. The molecule has 5 nitrogen and oxygen atoms in total. The normalized spacial score (nSPS) is 14.5. The quantitative estimate of drug-likeness (QED) is 0.710. The summed E-state index contributed by atoms with van der Waals surface area (Å²) >= 11 is 0. The van der Waals surface area contributed by atoms with Crippen molar-refractivity contribution in [3.05, 3.63) is 54.1 Å². The van der Waals surface area contributed by atoms with Gasteiger partial charge in [-0.15, -0.1) is 0 Å². The summed E-state index contributed by atoms with van der Waals surface area (Å²) in [4.78, 5) is 3.95. The van der Waals surface area contributed by atoms with Gasteiger partial charge in [-0.25, -0.2) is 0 Å². The van der Waals surface area contributed by atoms with Crippen LogP contribution in [-0.4, -0.2) is 39.9 Å². The fourth-order valence-electron chi connectivity index (χ4n) is 2.61. The Morgan fingerprint density at radius 3 is 1.81 bits per heavy atom. The molecular weight excluding hydrogens is 347 g/mol. The van der Waals surface area contributed by atoms with E-state index in [0.29, 0.717) is 17.5 Å². The van der Waals surface area contributed by atoms with E-state index in [1.807, 2.05) is 69.2 Å². The van der Waals surface area contributed by atoms with Crippen molar-refractivity contribution in [2.45, 2.75) is 19.2 Å². The maximum absolute atomic E-state index is 13.7. The summed E-state index contributed by atoms with van der Waals surface area (Å²) in [6.07, 6.45) is 0.728. The second kappa shape index (κ2) is 8.72. The highest BCUT2D eigenvalue weighted by Crippen LogP contribution is 2.57. The van der Waals surface area contributed by atoms with Crippen LogP contribution in [0, 0.1) is 0 Å². The molecule has 0 aliphatic carbocycles. The van der Waals surface area contributed by atoms with Gasteiger partial charge >= 0.3 is 0 Å². The molecule has 0 fully saturated rings. The predicted molar refractivity (Wildman–Crippen MR) is 110 cm³/mol. The van der Waals surface area contributed by atoms with Crippen molar-refractivity contribution in [2.75, 3.05) is 44.6 Å². The Morgan fingerprint density at radius 2 is 1.38 bits per heavy atom. The molecule has 6 heteroatoms. The third-order valence-electron chi connectivity index (χ3n) is 4.24. The summed E-state index contributed by atoms with van der Waals surface area (Å²) in [5.74, 6) is -1.20. The number of benzene rings is 2. The van der Waals surface area contributed by atoms with E-state index in [1.165, 1.54) is 0 Å². The molecule has 1 N–H and O–H groups in total. The van der Waals surface area contributed by atoms with Crippen LogP contribution >= 0.6 is 7.37 Å². The summed E-state index contributed by atoms with van der Waals surface area (Å²) in [5, 5.41) is 11.4. The van der Waals surface area contributed by atoms with E-state index in [1.54, 1.807) is 24.3 Å². The number of hydrogen-bond donors (Lipinski definition) is 1. The largest absolute Gasteiger partial charge is 0.378 e. The Balaban J connectivity index is 2.39. The lowest BCUT2D eigenvalue weighted by Gasteiger charge is -2.25. The Kier molecular flexibility index (Phi) is 6.87. The average molecular weight is 376 g/mol. The molecule has 0 amide bonds. The lowest BCUT2D eigenvalue weighted by molar-refractivity contribution is 0.214. The summed E-state index contributed by atoms with van der Waals surface area (Å²) in [6, 6.07) is 14.7. The molecule has 2 aromatic carbocycles. The van der Waals surface area contributed by atoms with Crippen molar-refractivity contribution >= 4 is 24.0 Å². The van der Waals surface area contributed by atoms with Gasteiger partial charge in [0.2, 0.25) is 0 Å². The molecule has 0 saturated carbocycles. The van der Waals surface area contributed by atoms with E-state index >= 15 is 0 Å². The monoisotopic (exact) mass is 376 g/mol. The molecule has 0 heterocycles. The molecule has 0 aromatic heterocycles. The van der Waals surface area contributed by atoms with Gasteiger partial charge in [0.25, 0.3) is 7.37 Å². The highest BCUT2D eigenvalue weighted by Gasteiger charge is 2.36. The molecule has 0 radical (unpaired) electrons. The number of aliphatic hydroxyl groups is 1. The first-order valence-electron chi connectivity index (χ1n) is 8.77. The zero-order valence-corrected chi connectivity index (χ0v) is 17.1. The molecule has 0 saturated heterocycles. The zero-order chi connectivity index (χ0) is 19.3. The van der Waals surface area contributed by atoms with Crippen LogP contribution in [0.4, 0.5) is 11.4 Å². The van der Waals surface area contributed by atoms with Crippen molar-refractivity contribution in [1.29, 1.82) is 0 Å². The molecule has 0 bridgehead atoms. The third-order valence-corrected chi connectivity index (χ3v) is 6.77. The number of hydrogen-bond acceptors (Lipinski definition) is 5. The van der Waals surface area contributed by atoms with E-state index in [4.69, 9.17) is 4.52 Å². The van der Waals surface area contributed by atoms with Gasteiger partial charge in [-0.2, -0.15) is 0 Å². The van der Waals surface area contributed by atoms with Crippen LogP contribution in [-0.2, 0) is 9.09 Å². The average Bonchev–Trinajstić information content (AvgIpc) is 2.65. The molecule has 142 valence electrons. The summed E-state index contributed by atoms with van der Waals surface area (Å²) in [6.45, 7) is 2.29. The van der Waals surface area contributed by atoms with Gasteiger partial charge in [0, 0.05) is 44.9 Å². The van der Waals surface area contributed by atoms with Crippen LogP contribution in [0.25, 0.3) is 0 Å². The van der Waals surface area contributed by atoms with E-state index < -0.39 is 13.2 Å². The Hall–Kier alpha value is -1.81. The van der Waals surface area contributed by atoms with Crippen LogP contribution in [0.2, 0.25) is 0 Å². The van der Waals surface area contributed by atoms with Crippen molar-refractivity contribution in [1.82, 2.24) is 0 Å². The Bertz CT molecular complexity index is 743. The van der Waals surface area contributed by atoms with E-state index in [2.05, 4.69) is 0 Å². The van der Waals surface area contributed by atoms with Gasteiger partial charge < -0.3 is 19.4 Å². The van der Waals surface area contributed by atoms with E-state index in [-0.39, 0.29) is 0 Å². The van der Waals surface area contributed by atoms with Crippen LogP contribution in [0.3, 0.4) is 0 Å². The lowest BCUT2D eigenvalue weighted by Crippen LogP contribution is -2.16. The van der Waals surface area contributed by atoms with Crippen LogP contribution in [0.5, 0.6) is 0 Å². The van der Waals surface area contributed by atoms with Crippen molar-refractivity contribution in [2.24, 2.45) is 0 Å². The van der Waals surface area contributed by atoms with Crippen LogP contribution < -0.4 is 15.1 Å². The minimum absolute atomic E-state index is 0.333. The SMILES string of the molecule is CCCO[P@](=O)(c1ccc(N(C)C)cc1)[C@H](O)c1ccc(N(C)C)cc1. The maximum atomic E-state index is 13.7. The Labute approximate surface area is 156 Å². The minimum atomic E-state index is -3.47. The van der Waals surface area contributed by atoms with Gasteiger partial charge in [0.15, 0.2) is 5.85 Å². The predicted octanol–water partition coefficient (Wildman–Crippen LogP) is 3.84. The maximum Gasteiger partial charge on any atom is 0.264 e. The van der Waals surface area contributed by atoms with Gasteiger partial charge in [-0.05, 0) is 48.4 Å². The zero-order valence-electron chi connectivity index (χ0n) is 16.2. The lowest BCUT2D eigenvalue weighted by atomic mass is 10.2.